The summed E-state index contributed by atoms with van der Waals surface area (Å²) < 4.78 is 8.89. The van der Waals surface area contributed by atoms with Gasteiger partial charge in [-0.05, 0) is 63.8 Å². The summed E-state index contributed by atoms with van der Waals surface area (Å²) in [5.74, 6) is -0.218. The summed E-state index contributed by atoms with van der Waals surface area (Å²) >= 11 is 5.60. The lowest BCUT2D eigenvalue weighted by Crippen LogP contribution is -2.10. The molecule has 1 heterocycles. The van der Waals surface area contributed by atoms with Gasteiger partial charge in [-0.25, -0.2) is 0 Å². The molecule has 22 heavy (non-hydrogen) atoms. The van der Waals surface area contributed by atoms with Crippen molar-refractivity contribution in [3.8, 4) is 5.75 Å². The van der Waals surface area contributed by atoms with Crippen molar-refractivity contribution in [1.82, 2.24) is 9.78 Å². The third kappa shape index (κ3) is 4.22. The molecule has 0 saturated carbocycles. The SMILES string of the molecule is C=CCCCCOc1cc2c(cc1Br)c(I)nn2CC(=O)O. The predicted octanol–water partition coefficient (Wildman–Crippen LogP) is 4.22. The Morgan fingerprint density at radius 1 is 1.50 bits per heavy atom. The average Bonchev–Trinajstić information content (AvgIpc) is 2.74. The van der Waals surface area contributed by atoms with Gasteiger partial charge in [-0.2, -0.15) is 5.10 Å². The van der Waals surface area contributed by atoms with E-state index in [1.54, 1.807) is 0 Å². The molecule has 2 aromatic rings. The van der Waals surface area contributed by atoms with Crippen LogP contribution in [0.2, 0.25) is 0 Å². The lowest BCUT2D eigenvalue weighted by molar-refractivity contribution is -0.137. The van der Waals surface area contributed by atoms with Crippen molar-refractivity contribution in [2.75, 3.05) is 6.61 Å². The number of carbonyl (C=O) groups is 1. The number of rotatable bonds is 8. The molecule has 7 heteroatoms. The first-order valence-corrected chi connectivity index (χ1v) is 8.71. The number of fused-ring (bicyclic) bond motifs is 1. The van der Waals surface area contributed by atoms with Crippen LogP contribution in [-0.4, -0.2) is 27.5 Å². The topological polar surface area (TPSA) is 64.4 Å². The van der Waals surface area contributed by atoms with E-state index < -0.39 is 5.97 Å². The van der Waals surface area contributed by atoms with Crippen LogP contribution in [0.5, 0.6) is 5.75 Å². The fourth-order valence-corrected chi connectivity index (χ4v) is 3.22. The molecule has 1 aromatic heterocycles. The van der Waals surface area contributed by atoms with Crippen LogP contribution >= 0.6 is 38.5 Å². The molecule has 2 rings (SSSR count). The normalized spacial score (nSPS) is 10.8. The molecule has 0 spiro atoms. The largest absolute Gasteiger partial charge is 0.492 e. The summed E-state index contributed by atoms with van der Waals surface area (Å²) in [5.41, 5.74) is 0.760. The number of nitrogens with zero attached hydrogens (tertiary/aromatic N) is 2. The monoisotopic (exact) mass is 478 g/mol. The van der Waals surface area contributed by atoms with Gasteiger partial charge in [0.05, 0.1) is 16.6 Å². The third-order valence-electron chi connectivity index (χ3n) is 3.10. The fraction of sp³-hybridized carbons (Fsp3) is 0.333. The van der Waals surface area contributed by atoms with Gasteiger partial charge < -0.3 is 9.84 Å². The molecular formula is C15H16BrIN2O3. The summed E-state index contributed by atoms with van der Waals surface area (Å²) in [7, 11) is 0. The van der Waals surface area contributed by atoms with Crippen LogP contribution in [0.25, 0.3) is 10.9 Å². The van der Waals surface area contributed by atoms with Crippen LogP contribution in [0.4, 0.5) is 0 Å². The van der Waals surface area contributed by atoms with E-state index in [2.05, 4.69) is 50.2 Å². The van der Waals surface area contributed by atoms with Crippen molar-refractivity contribution in [3.05, 3.63) is 33.0 Å². The summed E-state index contributed by atoms with van der Waals surface area (Å²) in [6.45, 7) is 4.14. The minimum absolute atomic E-state index is 0.167. The number of hydrogen-bond donors (Lipinski definition) is 1. The van der Waals surface area contributed by atoms with Gasteiger partial charge in [-0.3, -0.25) is 9.48 Å². The number of ether oxygens (including phenoxy) is 1. The molecule has 0 saturated heterocycles. The molecular weight excluding hydrogens is 463 g/mol. The number of unbranched alkanes of at least 4 members (excludes halogenated alkanes) is 2. The maximum atomic E-state index is 10.9. The van der Waals surface area contributed by atoms with Crippen molar-refractivity contribution in [2.45, 2.75) is 25.8 Å². The van der Waals surface area contributed by atoms with Crippen LogP contribution in [0.1, 0.15) is 19.3 Å². The molecule has 0 aliphatic heterocycles. The van der Waals surface area contributed by atoms with Crippen molar-refractivity contribution >= 4 is 55.4 Å². The number of halogens is 2. The highest BCUT2D eigenvalue weighted by Gasteiger charge is 2.14. The Morgan fingerprint density at radius 2 is 2.27 bits per heavy atom. The Balaban J connectivity index is 2.22. The smallest absolute Gasteiger partial charge is 0.325 e. The van der Waals surface area contributed by atoms with E-state index >= 15 is 0 Å². The summed E-state index contributed by atoms with van der Waals surface area (Å²) in [4.78, 5) is 10.9. The molecule has 0 amide bonds. The zero-order chi connectivity index (χ0) is 16.1. The van der Waals surface area contributed by atoms with E-state index in [9.17, 15) is 4.79 Å². The second kappa shape index (κ2) is 7.96. The van der Waals surface area contributed by atoms with Crippen LogP contribution in [-0.2, 0) is 11.3 Å². The zero-order valence-electron chi connectivity index (χ0n) is 11.9. The number of aliphatic carboxylic acids is 1. The number of benzene rings is 1. The Labute approximate surface area is 150 Å². The third-order valence-corrected chi connectivity index (χ3v) is 4.52. The summed E-state index contributed by atoms with van der Waals surface area (Å²) in [5, 5.41) is 14.1. The number of allylic oxidation sites excluding steroid dienone is 1. The van der Waals surface area contributed by atoms with Gasteiger partial charge in [0.1, 0.15) is 16.0 Å². The number of carboxylic acid groups (broad SMARTS) is 1. The Morgan fingerprint density at radius 3 is 2.95 bits per heavy atom. The quantitative estimate of drug-likeness (QED) is 0.350. The van der Waals surface area contributed by atoms with E-state index in [1.165, 1.54) is 4.68 Å². The van der Waals surface area contributed by atoms with Crippen molar-refractivity contribution in [1.29, 1.82) is 0 Å². The molecule has 0 unspecified atom stereocenters. The molecule has 1 N–H and O–H groups in total. The van der Waals surface area contributed by atoms with Crippen LogP contribution in [0.15, 0.2) is 29.3 Å². The van der Waals surface area contributed by atoms with Gasteiger partial charge in [0.15, 0.2) is 0 Å². The maximum Gasteiger partial charge on any atom is 0.325 e. The van der Waals surface area contributed by atoms with Gasteiger partial charge in [0, 0.05) is 11.5 Å². The van der Waals surface area contributed by atoms with Crippen molar-refractivity contribution in [3.63, 3.8) is 0 Å². The first-order chi connectivity index (χ1) is 10.5. The summed E-state index contributed by atoms with van der Waals surface area (Å²) in [6.07, 6.45) is 4.86. The Hall–Kier alpha value is -1.09. The van der Waals surface area contributed by atoms with Crippen molar-refractivity contribution < 1.29 is 14.6 Å². The van der Waals surface area contributed by atoms with Crippen LogP contribution in [0.3, 0.4) is 0 Å². The molecule has 0 aliphatic carbocycles. The average molecular weight is 479 g/mol. The van der Waals surface area contributed by atoms with Crippen LogP contribution < -0.4 is 4.74 Å². The van der Waals surface area contributed by atoms with Crippen LogP contribution in [0, 0.1) is 3.70 Å². The van der Waals surface area contributed by atoms with Gasteiger partial charge in [-0.1, -0.05) is 6.08 Å². The molecule has 0 atom stereocenters. The number of hydrogen-bond acceptors (Lipinski definition) is 3. The molecule has 0 fully saturated rings. The van der Waals surface area contributed by atoms with E-state index in [0.29, 0.717) is 12.4 Å². The second-order valence-corrected chi connectivity index (χ2v) is 6.65. The lowest BCUT2D eigenvalue weighted by Gasteiger charge is -2.09. The zero-order valence-corrected chi connectivity index (χ0v) is 15.6. The summed E-state index contributed by atoms with van der Waals surface area (Å²) in [6, 6.07) is 3.76. The fourth-order valence-electron chi connectivity index (χ4n) is 2.07. The number of carboxylic acids is 1. The standard InChI is InChI=1S/C15H16BrIN2O3/c1-2-3-4-5-6-22-13-8-12-10(7-11(13)16)15(17)18-19(12)9-14(20)21/h2,7-8H,1,3-6,9H2,(H,20,21). The highest BCUT2D eigenvalue weighted by molar-refractivity contribution is 14.1. The van der Waals surface area contributed by atoms with Gasteiger partial charge in [0.25, 0.3) is 0 Å². The first-order valence-electron chi connectivity index (χ1n) is 6.84. The van der Waals surface area contributed by atoms with E-state index in [0.717, 1.165) is 38.3 Å². The molecule has 0 bridgehead atoms. The second-order valence-electron chi connectivity index (χ2n) is 4.77. The molecule has 5 nitrogen and oxygen atoms in total. The van der Waals surface area contributed by atoms with E-state index in [1.807, 2.05) is 18.2 Å². The Bertz CT molecular complexity index is 700. The highest BCUT2D eigenvalue weighted by atomic mass is 127. The van der Waals surface area contributed by atoms with Gasteiger partial charge >= 0.3 is 5.97 Å². The minimum atomic E-state index is -0.921. The van der Waals surface area contributed by atoms with E-state index in [4.69, 9.17) is 9.84 Å². The van der Waals surface area contributed by atoms with Gasteiger partial charge in [0.2, 0.25) is 0 Å². The molecule has 1 aromatic carbocycles. The van der Waals surface area contributed by atoms with E-state index in [-0.39, 0.29) is 6.54 Å². The van der Waals surface area contributed by atoms with Gasteiger partial charge in [-0.15, -0.1) is 6.58 Å². The lowest BCUT2D eigenvalue weighted by atomic mass is 10.2. The number of aromatic nitrogens is 2. The molecule has 118 valence electrons. The van der Waals surface area contributed by atoms with Crippen molar-refractivity contribution in [2.24, 2.45) is 0 Å². The first kappa shape index (κ1) is 17.3. The predicted molar refractivity (Wildman–Crippen MR) is 97.3 cm³/mol. The maximum absolute atomic E-state index is 10.9. The Kier molecular flexibility index (Phi) is 6.25. The minimum Gasteiger partial charge on any atom is -0.492 e. The molecule has 0 aliphatic rings. The highest BCUT2D eigenvalue weighted by Crippen LogP contribution is 2.32. The molecule has 0 radical (unpaired) electrons.